The van der Waals surface area contributed by atoms with Crippen molar-refractivity contribution in [3.05, 3.63) is 35.9 Å². The van der Waals surface area contributed by atoms with Gasteiger partial charge in [-0.15, -0.1) is 0 Å². The molecule has 0 aliphatic carbocycles. The molecule has 0 N–H and O–H groups in total. The summed E-state index contributed by atoms with van der Waals surface area (Å²) in [7, 11) is 1.99. The Bertz CT molecular complexity index is 676. The van der Waals surface area contributed by atoms with Crippen molar-refractivity contribution < 1.29 is 0 Å². The zero-order valence-electron chi connectivity index (χ0n) is 12.6. The first-order valence-electron chi connectivity index (χ1n) is 6.74. The molecule has 0 aliphatic rings. The lowest BCUT2D eigenvalue weighted by Gasteiger charge is -2.18. The first kappa shape index (κ1) is 20.1. The second-order valence-electron chi connectivity index (χ2n) is 4.86. The average molecular weight is 449 g/mol. The lowest BCUT2D eigenvalue weighted by Crippen LogP contribution is -2.17. The van der Waals surface area contributed by atoms with Crippen molar-refractivity contribution in [3.8, 4) is 11.4 Å². The summed E-state index contributed by atoms with van der Waals surface area (Å²) in [4.78, 5) is 14.4. The Morgan fingerprint density at radius 1 is 0.833 bits per heavy atom. The van der Waals surface area contributed by atoms with E-state index in [4.69, 9.17) is 69.6 Å². The normalized spacial score (nSPS) is 12.3. The van der Waals surface area contributed by atoms with Gasteiger partial charge in [0.2, 0.25) is 7.59 Å². The zero-order valence-corrected chi connectivity index (χ0v) is 17.1. The van der Waals surface area contributed by atoms with Crippen LogP contribution in [0.2, 0.25) is 0 Å². The minimum absolute atomic E-state index is 0.117. The molecule has 130 valence electrons. The molecule has 0 radical (unpaired) electrons. The van der Waals surface area contributed by atoms with Gasteiger partial charge in [0.05, 0.1) is 0 Å². The van der Waals surface area contributed by atoms with Crippen molar-refractivity contribution in [1.82, 2.24) is 15.0 Å². The van der Waals surface area contributed by atoms with Gasteiger partial charge in [-0.2, -0.15) is 0 Å². The third-order valence-corrected chi connectivity index (χ3v) is 4.20. The van der Waals surface area contributed by atoms with Crippen LogP contribution < -0.4 is 4.90 Å². The molecule has 0 spiro atoms. The standard InChI is InChI=1S/C14H12Cl6N4/c1-3-24(2)9-6-4-8(5-7-9)10-21-11(13(15,16)17)23-12(22-10)14(18,19)20/h4-7H,3H2,1-2H3. The van der Waals surface area contributed by atoms with Crippen LogP contribution in [0.15, 0.2) is 24.3 Å². The summed E-state index contributed by atoms with van der Waals surface area (Å²) < 4.78 is -3.74. The molecule has 2 aromatic rings. The van der Waals surface area contributed by atoms with Crippen molar-refractivity contribution >= 4 is 75.3 Å². The van der Waals surface area contributed by atoms with E-state index in [1.165, 1.54) is 0 Å². The van der Waals surface area contributed by atoms with Gasteiger partial charge in [0.1, 0.15) is 0 Å². The van der Waals surface area contributed by atoms with E-state index >= 15 is 0 Å². The predicted octanol–water partition coefficient (Wildman–Crippen LogP) is 5.65. The van der Waals surface area contributed by atoms with Crippen LogP contribution in [0.25, 0.3) is 11.4 Å². The molecule has 1 aromatic heterocycles. The summed E-state index contributed by atoms with van der Waals surface area (Å²) in [5.74, 6) is 0.0144. The first-order chi connectivity index (χ1) is 11.0. The topological polar surface area (TPSA) is 41.9 Å². The van der Waals surface area contributed by atoms with Crippen LogP contribution in [0.3, 0.4) is 0 Å². The SMILES string of the molecule is CCN(C)c1ccc(-c2nc(C(Cl)(Cl)Cl)nc(C(Cl)(Cl)Cl)n2)cc1. The number of anilines is 1. The molecule has 1 aromatic carbocycles. The molecule has 10 heteroatoms. The van der Waals surface area contributed by atoms with Crippen molar-refractivity contribution in [1.29, 1.82) is 0 Å². The van der Waals surface area contributed by atoms with Crippen LogP contribution in [-0.2, 0) is 7.59 Å². The summed E-state index contributed by atoms with van der Waals surface area (Å²) in [6, 6.07) is 7.52. The van der Waals surface area contributed by atoms with Crippen LogP contribution in [-0.4, -0.2) is 28.5 Å². The molecule has 0 aliphatic heterocycles. The van der Waals surface area contributed by atoms with E-state index < -0.39 is 7.59 Å². The fourth-order valence-electron chi connectivity index (χ4n) is 1.81. The van der Waals surface area contributed by atoms with Crippen LogP contribution in [0, 0.1) is 0 Å². The maximum absolute atomic E-state index is 5.87. The van der Waals surface area contributed by atoms with Gasteiger partial charge in [-0.05, 0) is 31.2 Å². The summed E-state index contributed by atoms with van der Waals surface area (Å²) in [5, 5.41) is 0. The molecule has 0 amide bonds. The molecule has 0 atom stereocenters. The first-order valence-corrected chi connectivity index (χ1v) is 9.01. The second-order valence-corrected chi connectivity index (χ2v) is 9.43. The van der Waals surface area contributed by atoms with Gasteiger partial charge in [0.15, 0.2) is 17.5 Å². The van der Waals surface area contributed by atoms with Gasteiger partial charge in [0, 0.05) is 24.8 Å². The Morgan fingerprint density at radius 3 is 1.67 bits per heavy atom. The Balaban J connectivity index is 2.53. The largest absolute Gasteiger partial charge is 0.375 e. The molecule has 1 heterocycles. The van der Waals surface area contributed by atoms with Crippen LogP contribution in [0.4, 0.5) is 5.69 Å². The van der Waals surface area contributed by atoms with E-state index in [1.807, 2.05) is 31.3 Å². The molecule has 2 rings (SSSR count). The number of rotatable bonds is 3. The molecule has 24 heavy (non-hydrogen) atoms. The van der Waals surface area contributed by atoms with Crippen molar-refractivity contribution in [2.24, 2.45) is 0 Å². The number of hydrogen-bond donors (Lipinski definition) is 0. The number of benzene rings is 1. The third-order valence-electron chi connectivity index (χ3n) is 3.18. The van der Waals surface area contributed by atoms with Crippen LogP contribution in [0.1, 0.15) is 18.6 Å². The highest BCUT2D eigenvalue weighted by Gasteiger charge is 2.34. The van der Waals surface area contributed by atoms with E-state index in [-0.39, 0.29) is 17.5 Å². The van der Waals surface area contributed by atoms with Crippen molar-refractivity contribution in [2.45, 2.75) is 14.5 Å². The van der Waals surface area contributed by atoms with Crippen LogP contribution >= 0.6 is 69.6 Å². The summed E-state index contributed by atoms with van der Waals surface area (Å²) in [6.07, 6.45) is 0. The Morgan fingerprint density at radius 2 is 1.29 bits per heavy atom. The van der Waals surface area contributed by atoms with E-state index in [9.17, 15) is 0 Å². The summed E-state index contributed by atoms with van der Waals surface area (Å²) in [6.45, 7) is 2.93. The number of halogens is 6. The molecule has 4 nitrogen and oxygen atoms in total. The van der Waals surface area contributed by atoms with Gasteiger partial charge >= 0.3 is 0 Å². The molecule has 0 saturated carbocycles. The zero-order chi connectivity index (χ0) is 18.1. The van der Waals surface area contributed by atoms with Crippen LogP contribution in [0.5, 0.6) is 0 Å². The van der Waals surface area contributed by atoms with E-state index in [0.29, 0.717) is 5.56 Å². The molecule has 0 saturated heterocycles. The quantitative estimate of drug-likeness (QED) is 0.569. The molecule has 0 bridgehead atoms. The number of aromatic nitrogens is 3. The monoisotopic (exact) mass is 446 g/mol. The molecule has 0 unspecified atom stereocenters. The highest BCUT2D eigenvalue weighted by Crippen LogP contribution is 2.40. The maximum atomic E-state index is 5.87. The Kier molecular flexibility index (Phi) is 6.33. The number of nitrogens with zero attached hydrogens (tertiary/aromatic N) is 4. The Labute approximate surface area is 170 Å². The molecular weight excluding hydrogens is 437 g/mol. The predicted molar refractivity (Wildman–Crippen MR) is 103 cm³/mol. The highest BCUT2D eigenvalue weighted by molar-refractivity contribution is 6.67. The van der Waals surface area contributed by atoms with E-state index in [2.05, 4.69) is 26.8 Å². The van der Waals surface area contributed by atoms with Gasteiger partial charge in [-0.25, -0.2) is 15.0 Å². The van der Waals surface area contributed by atoms with Gasteiger partial charge < -0.3 is 4.90 Å². The third kappa shape index (κ3) is 4.90. The average Bonchev–Trinajstić information content (AvgIpc) is 2.52. The maximum Gasteiger partial charge on any atom is 0.250 e. The molecule has 0 fully saturated rings. The van der Waals surface area contributed by atoms with Gasteiger partial charge in [-0.1, -0.05) is 69.6 Å². The fraction of sp³-hybridized carbons (Fsp3) is 0.357. The summed E-state index contributed by atoms with van der Waals surface area (Å²) >= 11 is 35.2. The van der Waals surface area contributed by atoms with E-state index in [1.54, 1.807) is 0 Å². The lowest BCUT2D eigenvalue weighted by atomic mass is 10.2. The Hall–Kier alpha value is -0.230. The minimum atomic E-state index is -1.87. The van der Waals surface area contributed by atoms with E-state index in [0.717, 1.165) is 12.2 Å². The lowest BCUT2D eigenvalue weighted by molar-refractivity contribution is 0.851. The minimum Gasteiger partial charge on any atom is -0.375 e. The smallest absolute Gasteiger partial charge is 0.250 e. The van der Waals surface area contributed by atoms with Gasteiger partial charge in [-0.3, -0.25) is 0 Å². The second kappa shape index (κ2) is 7.56. The highest BCUT2D eigenvalue weighted by atomic mass is 35.6. The number of hydrogen-bond acceptors (Lipinski definition) is 4. The number of alkyl halides is 6. The molecular formula is C14H12Cl6N4. The van der Waals surface area contributed by atoms with Gasteiger partial charge in [0.25, 0.3) is 0 Å². The summed E-state index contributed by atoms with van der Waals surface area (Å²) in [5.41, 5.74) is 1.72. The van der Waals surface area contributed by atoms with Crippen molar-refractivity contribution in [2.75, 3.05) is 18.5 Å². The van der Waals surface area contributed by atoms with Crippen molar-refractivity contribution in [3.63, 3.8) is 0 Å². The fourth-order valence-corrected chi connectivity index (χ4v) is 2.31.